The lowest BCUT2D eigenvalue weighted by atomic mass is 10.1. The molecule has 0 unspecified atom stereocenters. The van der Waals surface area contributed by atoms with Crippen molar-refractivity contribution in [1.82, 2.24) is 5.32 Å². The molecule has 1 amide bonds. The molecule has 0 aliphatic heterocycles. The van der Waals surface area contributed by atoms with Crippen LogP contribution in [0.2, 0.25) is 0 Å². The van der Waals surface area contributed by atoms with Crippen molar-refractivity contribution in [3.05, 3.63) is 59.4 Å². The third kappa shape index (κ3) is 5.66. The van der Waals surface area contributed by atoms with Gasteiger partial charge in [0.1, 0.15) is 18.2 Å². The molecule has 2 aromatic carbocycles. The van der Waals surface area contributed by atoms with Crippen LogP contribution in [0.1, 0.15) is 24.0 Å². The van der Waals surface area contributed by atoms with Crippen molar-refractivity contribution in [3.63, 3.8) is 0 Å². The van der Waals surface area contributed by atoms with Gasteiger partial charge in [0.15, 0.2) is 0 Å². The largest absolute Gasteiger partial charge is 0.489 e. The van der Waals surface area contributed by atoms with Gasteiger partial charge in [-0.2, -0.15) is 0 Å². The summed E-state index contributed by atoms with van der Waals surface area (Å²) < 4.78 is 18.8. The van der Waals surface area contributed by atoms with E-state index in [0.29, 0.717) is 18.8 Å². The summed E-state index contributed by atoms with van der Waals surface area (Å²) in [5.41, 5.74) is 2.48. The lowest BCUT2D eigenvalue weighted by molar-refractivity contribution is -0.116. The topological polar surface area (TPSA) is 50.4 Å². The Kier molecular flexibility index (Phi) is 6.75. The normalized spacial score (nSPS) is 10.5. The quantitative estimate of drug-likeness (QED) is 0.727. The van der Waals surface area contributed by atoms with Crippen LogP contribution in [0.15, 0.2) is 42.5 Å². The molecule has 0 fully saturated rings. The Morgan fingerprint density at radius 2 is 2.04 bits per heavy atom. The molecular formula is C19H23FN2O2. The second-order valence-corrected chi connectivity index (χ2v) is 5.65. The molecule has 0 bridgehead atoms. The fourth-order valence-corrected chi connectivity index (χ4v) is 2.30. The molecule has 24 heavy (non-hydrogen) atoms. The van der Waals surface area contributed by atoms with Crippen LogP contribution in [0.4, 0.5) is 10.1 Å². The molecule has 0 spiro atoms. The first kappa shape index (κ1) is 17.9. The first-order valence-corrected chi connectivity index (χ1v) is 8.01. The molecule has 0 saturated carbocycles. The zero-order valence-electron chi connectivity index (χ0n) is 14.1. The van der Waals surface area contributed by atoms with Crippen molar-refractivity contribution in [2.75, 3.05) is 18.9 Å². The molecule has 0 aromatic heterocycles. The molecule has 2 N–H and O–H groups in total. The van der Waals surface area contributed by atoms with Gasteiger partial charge in [0, 0.05) is 12.1 Å². The van der Waals surface area contributed by atoms with Crippen LogP contribution in [-0.2, 0) is 11.4 Å². The van der Waals surface area contributed by atoms with Crippen LogP contribution in [0, 0.1) is 12.7 Å². The molecule has 0 heterocycles. The molecule has 0 aliphatic carbocycles. The number of anilines is 1. The standard InChI is InChI=1S/C19H23FN2O2/c1-14-11-17(24-13-15-5-3-6-16(20)12-15)8-9-18(14)22-19(23)7-4-10-21-2/h3,5-6,8-9,11-12,21H,4,7,10,13H2,1-2H3,(H,22,23). The van der Waals surface area contributed by atoms with Gasteiger partial charge in [-0.15, -0.1) is 0 Å². The minimum atomic E-state index is -0.274. The predicted octanol–water partition coefficient (Wildman–Crippen LogP) is 3.65. The van der Waals surface area contributed by atoms with E-state index in [1.807, 2.05) is 32.2 Å². The third-order valence-electron chi connectivity index (χ3n) is 3.60. The smallest absolute Gasteiger partial charge is 0.224 e. The van der Waals surface area contributed by atoms with Crippen LogP contribution in [-0.4, -0.2) is 19.5 Å². The zero-order chi connectivity index (χ0) is 17.4. The fourth-order valence-electron chi connectivity index (χ4n) is 2.30. The summed E-state index contributed by atoms with van der Waals surface area (Å²) in [5, 5.41) is 5.92. The van der Waals surface area contributed by atoms with Gasteiger partial charge in [0.05, 0.1) is 0 Å². The molecule has 4 nitrogen and oxygen atoms in total. The Morgan fingerprint density at radius 3 is 2.75 bits per heavy atom. The number of hydrogen-bond acceptors (Lipinski definition) is 3. The summed E-state index contributed by atoms with van der Waals surface area (Å²) in [4.78, 5) is 11.9. The number of benzene rings is 2. The van der Waals surface area contributed by atoms with Crippen LogP contribution in [0.25, 0.3) is 0 Å². The van der Waals surface area contributed by atoms with E-state index >= 15 is 0 Å². The first-order valence-electron chi connectivity index (χ1n) is 8.01. The molecular weight excluding hydrogens is 307 g/mol. The molecule has 2 rings (SSSR count). The lowest BCUT2D eigenvalue weighted by Gasteiger charge is -2.11. The average Bonchev–Trinajstić information content (AvgIpc) is 2.55. The maximum Gasteiger partial charge on any atom is 0.224 e. The Morgan fingerprint density at radius 1 is 1.21 bits per heavy atom. The predicted molar refractivity (Wildman–Crippen MR) is 93.7 cm³/mol. The second kappa shape index (κ2) is 9.03. The summed E-state index contributed by atoms with van der Waals surface area (Å²) in [7, 11) is 1.87. The number of carbonyl (C=O) groups is 1. The summed E-state index contributed by atoms with van der Waals surface area (Å²) in [5.74, 6) is 0.412. The number of hydrogen-bond donors (Lipinski definition) is 2. The SMILES string of the molecule is CNCCCC(=O)Nc1ccc(OCc2cccc(F)c2)cc1C. The van der Waals surface area contributed by atoms with Crippen LogP contribution < -0.4 is 15.4 Å². The molecule has 0 atom stereocenters. The van der Waals surface area contributed by atoms with Gasteiger partial charge in [0.2, 0.25) is 5.91 Å². The highest BCUT2D eigenvalue weighted by atomic mass is 19.1. The van der Waals surface area contributed by atoms with Crippen molar-refractivity contribution < 1.29 is 13.9 Å². The van der Waals surface area contributed by atoms with E-state index in [9.17, 15) is 9.18 Å². The number of amides is 1. The van der Waals surface area contributed by atoms with E-state index in [0.717, 1.165) is 29.8 Å². The van der Waals surface area contributed by atoms with Gasteiger partial charge in [-0.25, -0.2) is 4.39 Å². The number of halogens is 1. The summed E-state index contributed by atoms with van der Waals surface area (Å²) in [6.07, 6.45) is 1.29. The minimum Gasteiger partial charge on any atom is -0.489 e. The molecule has 0 radical (unpaired) electrons. The number of aryl methyl sites for hydroxylation is 1. The van der Waals surface area contributed by atoms with Gasteiger partial charge in [0.25, 0.3) is 0 Å². The fraction of sp³-hybridized carbons (Fsp3) is 0.316. The van der Waals surface area contributed by atoms with E-state index in [4.69, 9.17) is 4.74 Å². The Hall–Kier alpha value is -2.40. The van der Waals surface area contributed by atoms with E-state index in [1.165, 1.54) is 12.1 Å². The van der Waals surface area contributed by atoms with Gasteiger partial charge in [-0.1, -0.05) is 12.1 Å². The Bertz CT molecular complexity index is 689. The van der Waals surface area contributed by atoms with E-state index in [2.05, 4.69) is 10.6 Å². The maximum absolute atomic E-state index is 13.1. The molecule has 0 saturated heterocycles. The molecule has 2 aromatic rings. The zero-order valence-corrected chi connectivity index (χ0v) is 14.1. The highest BCUT2D eigenvalue weighted by Crippen LogP contribution is 2.22. The summed E-state index contributed by atoms with van der Waals surface area (Å²) in [6.45, 7) is 3.03. The number of ether oxygens (including phenoxy) is 1. The van der Waals surface area contributed by atoms with Gasteiger partial charge in [-0.3, -0.25) is 4.79 Å². The van der Waals surface area contributed by atoms with Crippen molar-refractivity contribution >= 4 is 11.6 Å². The van der Waals surface area contributed by atoms with Crippen molar-refractivity contribution in [2.45, 2.75) is 26.4 Å². The molecule has 0 aliphatic rings. The van der Waals surface area contributed by atoms with Gasteiger partial charge in [-0.05, 0) is 68.4 Å². The third-order valence-corrected chi connectivity index (χ3v) is 3.60. The van der Waals surface area contributed by atoms with Gasteiger partial charge >= 0.3 is 0 Å². The lowest BCUT2D eigenvalue weighted by Crippen LogP contribution is -2.15. The van der Waals surface area contributed by atoms with Crippen molar-refractivity contribution in [3.8, 4) is 5.75 Å². The molecule has 128 valence electrons. The minimum absolute atomic E-state index is 0.00165. The highest BCUT2D eigenvalue weighted by molar-refractivity contribution is 5.91. The van der Waals surface area contributed by atoms with E-state index in [-0.39, 0.29) is 11.7 Å². The van der Waals surface area contributed by atoms with Crippen LogP contribution >= 0.6 is 0 Å². The second-order valence-electron chi connectivity index (χ2n) is 5.65. The number of nitrogens with one attached hydrogen (secondary N) is 2. The highest BCUT2D eigenvalue weighted by Gasteiger charge is 2.06. The Balaban J connectivity index is 1.90. The van der Waals surface area contributed by atoms with Crippen LogP contribution in [0.3, 0.4) is 0 Å². The van der Waals surface area contributed by atoms with E-state index < -0.39 is 0 Å². The monoisotopic (exact) mass is 330 g/mol. The van der Waals surface area contributed by atoms with Crippen molar-refractivity contribution in [2.24, 2.45) is 0 Å². The van der Waals surface area contributed by atoms with E-state index in [1.54, 1.807) is 12.1 Å². The first-order chi connectivity index (χ1) is 11.6. The van der Waals surface area contributed by atoms with Crippen LogP contribution in [0.5, 0.6) is 5.75 Å². The number of carbonyl (C=O) groups excluding carboxylic acids is 1. The summed E-state index contributed by atoms with van der Waals surface area (Å²) >= 11 is 0. The average molecular weight is 330 g/mol. The van der Waals surface area contributed by atoms with Gasteiger partial charge < -0.3 is 15.4 Å². The maximum atomic E-state index is 13.1. The molecule has 5 heteroatoms. The number of rotatable bonds is 8. The van der Waals surface area contributed by atoms with Crippen molar-refractivity contribution in [1.29, 1.82) is 0 Å². The summed E-state index contributed by atoms with van der Waals surface area (Å²) in [6, 6.07) is 11.8. The Labute approximate surface area is 142 Å².